The van der Waals surface area contributed by atoms with E-state index in [0.717, 1.165) is 37.4 Å². The Balaban J connectivity index is 1.56. The van der Waals surface area contributed by atoms with Crippen LogP contribution in [0.1, 0.15) is 30.9 Å². The van der Waals surface area contributed by atoms with Crippen LogP contribution in [0, 0.1) is 6.92 Å². The zero-order chi connectivity index (χ0) is 19.9. The predicted octanol–water partition coefficient (Wildman–Crippen LogP) is 1.62. The molecule has 2 heterocycles. The van der Waals surface area contributed by atoms with Crippen molar-refractivity contribution >= 4 is 17.8 Å². The second-order valence-corrected chi connectivity index (χ2v) is 7.26. The van der Waals surface area contributed by atoms with Crippen LogP contribution in [-0.2, 0) is 16.0 Å². The highest BCUT2D eigenvalue weighted by Gasteiger charge is 2.26. The molecule has 2 amide bonds. The zero-order valence-corrected chi connectivity index (χ0v) is 16.4. The third-order valence-electron chi connectivity index (χ3n) is 4.93. The minimum Gasteiger partial charge on any atom is -0.351 e. The van der Waals surface area contributed by atoms with Crippen LogP contribution in [-0.4, -0.2) is 47.0 Å². The van der Waals surface area contributed by atoms with Gasteiger partial charge in [-0.2, -0.15) is 0 Å². The molecule has 7 heteroatoms. The maximum absolute atomic E-state index is 12.8. The average Bonchev–Trinajstić information content (AvgIpc) is 2.70. The minimum atomic E-state index is -0.573. The van der Waals surface area contributed by atoms with E-state index in [-0.39, 0.29) is 17.9 Å². The molecule has 1 fully saturated rings. The lowest BCUT2D eigenvalue weighted by Gasteiger charge is -2.33. The van der Waals surface area contributed by atoms with Gasteiger partial charge >= 0.3 is 0 Å². The van der Waals surface area contributed by atoms with Gasteiger partial charge in [0.2, 0.25) is 17.8 Å². The first-order chi connectivity index (χ1) is 13.5. The Bertz CT molecular complexity index is 786. The summed E-state index contributed by atoms with van der Waals surface area (Å²) in [6.07, 6.45) is 5.59. The maximum atomic E-state index is 12.8. The monoisotopic (exact) mass is 381 g/mol. The summed E-state index contributed by atoms with van der Waals surface area (Å²) in [7, 11) is 0. The van der Waals surface area contributed by atoms with Crippen LogP contribution in [0.2, 0.25) is 0 Å². The van der Waals surface area contributed by atoms with Gasteiger partial charge in [0.25, 0.3) is 0 Å². The number of anilines is 1. The van der Waals surface area contributed by atoms with Crippen molar-refractivity contribution in [3.05, 3.63) is 53.9 Å². The summed E-state index contributed by atoms with van der Waals surface area (Å²) >= 11 is 0. The fraction of sp³-hybridized carbons (Fsp3) is 0.429. The lowest BCUT2D eigenvalue weighted by Crippen LogP contribution is -2.52. The predicted molar refractivity (Wildman–Crippen MR) is 108 cm³/mol. The highest BCUT2D eigenvalue weighted by Crippen LogP contribution is 2.16. The van der Waals surface area contributed by atoms with Crippen molar-refractivity contribution in [2.45, 2.75) is 45.2 Å². The molecular formula is C21H27N5O2. The molecule has 0 aliphatic carbocycles. The molecule has 1 unspecified atom stereocenters. The second kappa shape index (κ2) is 9.30. The summed E-state index contributed by atoms with van der Waals surface area (Å²) in [5.41, 5.74) is 2.19. The molecule has 1 aliphatic rings. The summed E-state index contributed by atoms with van der Waals surface area (Å²) in [5, 5.41) is 5.89. The number of carbonyl (C=O) groups is 2. The second-order valence-electron chi connectivity index (χ2n) is 7.26. The molecule has 28 heavy (non-hydrogen) atoms. The Morgan fingerprint density at radius 2 is 1.79 bits per heavy atom. The van der Waals surface area contributed by atoms with Crippen molar-refractivity contribution in [3.8, 4) is 0 Å². The molecule has 1 atom stereocenters. The fourth-order valence-electron chi connectivity index (χ4n) is 3.39. The fourth-order valence-corrected chi connectivity index (χ4v) is 3.39. The van der Waals surface area contributed by atoms with Gasteiger partial charge in [-0.15, -0.1) is 0 Å². The number of aromatic nitrogens is 2. The number of nitrogens with zero attached hydrogens (tertiary/aromatic N) is 3. The average molecular weight is 381 g/mol. The quantitative estimate of drug-likeness (QED) is 0.794. The molecule has 7 nitrogen and oxygen atoms in total. The first-order valence-electron chi connectivity index (χ1n) is 9.66. The molecular weight excluding hydrogens is 354 g/mol. The summed E-state index contributed by atoms with van der Waals surface area (Å²) < 4.78 is 0. The SMILES string of the molecule is CC(=O)NC(Cc1ccc(C)cc1)C(=O)NC1CCN(c2ncccn2)CC1. The van der Waals surface area contributed by atoms with Crippen molar-refractivity contribution in [2.75, 3.05) is 18.0 Å². The van der Waals surface area contributed by atoms with Crippen LogP contribution in [0.3, 0.4) is 0 Å². The standard InChI is InChI=1S/C21H27N5O2/c1-15-4-6-17(7-5-15)14-19(24-16(2)27)20(28)25-18-8-12-26(13-9-18)21-22-10-3-11-23-21/h3-7,10-11,18-19H,8-9,12-14H2,1-2H3,(H,24,27)(H,25,28). The Labute approximate surface area is 165 Å². The normalized spacial score (nSPS) is 15.7. The minimum absolute atomic E-state index is 0.0849. The molecule has 0 spiro atoms. The van der Waals surface area contributed by atoms with E-state index in [1.165, 1.54) is 12.5 Å². The number of nitrogens with one attached hydrogen (secondary N) is 2. The van der Waals surface area contributed by atoms with E-state index in [1.54, 1.807) is 18.5 Å². The molecule has 2 aromatic rings. The van der Waals surface area contributed by atoms with E-state index in [9.17, 15) is 9.59 Å². The number of rotatable bonds is 6. The molecule has 0 saturated carbocycles. The van der Waals surface area contributed by atoms with Gasteiger partial charge in [0, 0.05) is 44.9 Å². The van der Waals surface area contributed by atoms with Crippen molar-refractivity contribution in [2.24, 2.45) is 0 Å². The smallest absolute Gasteiger partial charge is 0.243 e. The molecule has 1 aromatic carbocycles. The molecule has 3 rings (SSSR count). The van der Waals surface area contributed by atoms with E-state index in [4.69, 9.17) is 0 Å². The Kier molecular flexibility index (Phi) is 6.57. The van der Waals surface area contributed by atoms with Crippen LogP contribution in [0.5, 0.6) is 0 Å². The molecule has 2 N–H and O–H groups in total. The van der Waals surface area contributed by atoms with Gasteiger partial charge in [0.05, 0.1) is 0 Å². The van der Waals surface area contributed by atoms with Crippen molar-refractivity contribution < 1.29 is 9.59 Å². The van der Waals surface area contributed by atoms with Gasteiger partial charge in [-0.05, 0) is 31.4 Å². The van der Waals surface area contributed by atoms with Gasteiger partial charge < -0.3 is 15.5 Å². The number of hydrogen-bond donors (Lipinski definition) is 2. The summed E-state index contributed by atoms with van der Waals surface area (Å²) in [6, 6.07) is 9.33. The zero-order valence-electron chi connectivity index (χ0n) is 16.4. The third-order valence-corrected chi connectivity index (χ3v) is 4.93. The van der Waals surface area contributed by atoms with E-state index in [1.807, 2.05) is 31.2 Å². The van der Waals surface area contributed by atoms with E-state index < -0.39 is 6.04 Å². The first-order valence-corrected chi connectivity index (χ1v) is 9.66. The summed E-state index contributed by atoms with van der Waals surface area (Å²) in [5.74, 6) is 0.385. The number of piperidine rings is 1. The molecule has 148 valence electrons. The van der Waals surface area contributed by atoms with Crippen LogP contribution in [0.15, 0.2) is 42.7 Å². The molecule has 1 saturated heterocycles. The van der Waals surface area contributed by atoms with E-state index in [2.05, 4.69) is 25.5 Å². The third kappa shape index (κ3) is 5.52. The Morgan fingerprint density at radius 3 is 2.39 bits per heavy atom. The van der Waals surface area contributed by atoms with Crippen LogP contribution in [0.25, 0.3) is 0 Å². The van der Waals surface area contributed by atoms with E-state index in [0.29, 0.717) is 6.42 Å². The number of benzene rings is 1. The van der Waals surface area contributed by atoms with Crippen molar-refractivity contribution in [3.63, 3.8) is 0 Å². The topological polar surface area (TPSA) is 87.2 Å². The summed E-state index contributed by atoms with van der Waals surface area (Å²) in [6.45, 7) is 5.04. The van der Waals surface area contributed by atoms with Gasteiger partial charge in [-0.1, -0.05) is 29.8 Å². The highest BCUT2D eigenvalue weighted by atomic mass is 16.2. The van der Waals surface area contributed by atoms with Crippen molar-refractivity contribution in [1.82, 2.24) is 20.6 Å². The van der Waals surface area contributed by atoms with Crippen LogP contribution < -0.4 is 15.5 Å². The highest BCUT2D eigenvalue weighted by molar-refractivity contribution is 5.87. The maximum Gasteiger partial charge on any atom is 0.243 e. The van der Waals surface area contributed by atoms with Gasteiger partial charge in [-0.25, -0.2) is 9.97 Å². The molecule has 0 radical (unpaired) electrons. The van der Waals surface area contributed by atoms with Crippen LogP contribution in [0.4, 0.5) is 5.95 Å². The summed E-state index contributed by atoms with van der Waals surface area (Å²) in [4.78, 5) is 35.1. The number of hydrogen-bond acceptors (Lipinski definition) is 5. The molecule has 1 aliphatic heterocycles. The lowest BCUT2D eigenvalue weighted by molar-refractivity contribution is -0.128. The van der Waals surface area contributed by atoms with Gasteiger partial charge in [-0.3, -0.25) is 9.59 Å². The van der Waals surface area contributed by atoms with Gasteiger partial charge in [0.15, 0.2) is 0 Å². The Hall–Kier alpha value is -2.96. The number of amides is 2. The van der Waals surface area contributed by atoms with E-state index >= 15 is 0 Å². The largest absolute Gasteiger partial charge is 0.351 e. The number of carbonyl (C=O) groups excluding carboxylic acids is 2. The lowest BCUT2D eigenvalue weighted by atomic mass is 10.0. The number of aryl methyl sites for hydroxylation is 1. The van der Waals surface area contributed by atoms with Crippen LogP contribution >= 0.6 is 0 Å². The first kappa shape index (κ1) is 19.8. The molecule has 0 bridgehead atoms. The van der Waals surface area contributed by atoms with Gasteiger partial charge in [0.1, 0.15) is 6.04 Å². The Morgan fingerprint density at radius 1 is 1.14 bits per heavy atom. The molecule has 1 aromatic heterocycles. The van der Waals surface area contributed by atoms with Crippen molar-refractivity contribution in [1.29, 1.82) is 0 Å².